The van der Waals surface area contributed by atoms with Gasteiger partial charge >= 0.3 is 5.97 Å². The standard InChI is InChI=1S/C11H17NO3S/c1-2-6-16-8-10(13)12-5-3-4-9(7-12)11(14)15/h2,9H,1,3-8H2,(H,14,15). The summed E-state index contributed by atoms with van der Waals surface area (Å²) in [5.41, 5.74) is 0. The van der Waals surface area contributed by atoms with Gasteiger partial charge in [-0.1, -0.05) is 6.08 Å². The van der Waals surface area contributed by atoms with Crippen LogP contribution in [0, 0.1) is 5.92 Å². The first kappa shape index (κ1) is 13.1. The van der Waals surface area contributed by atoms with E-state index >= 15 is 0 Å². The van der Waals surface area contributed by atoms with Crippen molar-refractivity contribution in [2.24, 2.45) is 5.92 Å². The number of amides is 1. The zero-order chi connectivity index (χ0) is 12.0. The zero-order valence-corrected chi connectivity index (χ0v) is 10.0. The summed E-state index contributed by atoms with van der Waals surface area (Å²) < 4.78 is 0. The molecule has 1 rings (SSSR count). The van der Waals surface area contributed by atoms with Crippen LogP contribution < -0.4 is 0 Å². The highest BCUT2D eigenvalue weighted by Gasteiger charge is 2.27. The molecule has 90 valence electrons. The monoisotopic (exact) mass is 243 g/mol. The third kappa shape index (κ3) is 3.89. The summed E-state index contributed by atoms with van der Waals surface area (Å²) in [5, 5.41) is 8.90. The van der Waals surface area contributed by atoms with Gasteiger partial charge in [-0.25, -0.2) is 0 Å². The molecule has 0 aliphatic carbocycles. The highest BCUT2D eigenvalue weighted by atomic mass is 32.2. The number of piperidine rings is 1. The van der Waals surface area contributed by atoms with E-state index in [0.29, 0.717) is 25.3 Å². The summed E-state index contributed by atoms with van der Waals surface area (Å²) in [6.07, 6.45) is 3.22. The Morgan fingerprint density at radius 3 is 2.94 bits per heavy atom. The molecule has 1 N–H and O–H groups in total. The van der Waals surface area contributed by atoms with Gasteiger partial charge in [0.1, 0.15) is 0 Å². The van der Waals surface area contributed by atoms with E-state index < -0.39 is 5.97 Å². The van der Waals surface area contributed by atoms with E-state index in [1.807, 2.05) is 0 Å². The van der Waals surface area contributed by atoms with E-state index in [0.717, 1.165) is 12.2 Å². The maximum Gasteiger partial charge on any atom is 0.308 e. The second-order valence-corrected chi connectivity index (χ2v) is 4.85. The van der Waals surface area contributed by atoms with Gasteiger partial charge in [0.2, 0.25) is 5.91 Å². The number of rotatable bonds is 5. The van der Waals surface area contributed by atoms with E-state index in [4.69, 9.17) is 5.11 Å². The molecule has 16 heavy (non-hydrogen) atoms. The van der Waals surface area contributed by atoms with Crippen molar-refractivity contribution in [2.45, 2.75) is 12.8 Å². The Labute approximate surface area is 99.7 Å². The minimum absolute atomic E-state index is 0.0396. The Balaban J connectivity index is 2.37. The predicted octanol–water partition coefficient (Wildman–Crippen LogP) is 1.23. The number of likely N-dealkylation sites (tertiary alicyclic amines) is 1. The van der Waals surface area contributed by atoms with Crippen LogP contribution in [-0.2, 0) is 9.59 Å². The van der Waals surface area contributed by atoms with E-state index in [2.05, 4.69) is 6.58 Å². The summed E-state index contributed by atoms with van der Waals surface area (Å²) in [6, 6.07) is 0. The van der Waals surface area contributed by atoms with Gasteiger partial charge in [-0.05, 0) is 12.8 Å². The van der Waals surface area contributed by atoms with Gasteiger partial charge in [0.05, 0.1) is 11.7 Å². The number of aliphatic carboxylic acids is 1. The molecule has 1 aliphatic rings. The average molecular weight is 243 g/mol. The molecule has 1 unspecified atom stereocenters. The lowest BCUT2D eigenvalue weighted by molar-refractivity contribution is -0.145. The van der Waals surface area contributed by atoms with Crippen LogP contribution in [0.15, 0.2) is 12.7 Å². The van der Waals surface area contributed by atoms with Gasteiger partial charge < -0.3 is 10.0 Å². The van der Waals surface area contributed by atoms with Crippen molar-refractivity contribution in [3.8, 4) is 0 Å². The molecule has 1 saturated heterocycles. The van der Waals surface area contributed by atoms with E-state index in [1.165, 1.54) is 11.8 Å². The first-order chi connectivity index (χ1) is 7.65. The number of carbonyl (C=O) groups is 2. The van der Waals surface area contributed by atoms with Crippen LogP contribution >= 0.6 is 11.8 Å². The van der Waals surface area contributed by atoms with Crippen LogP contribution in [0.5, 0.6) is 0 Å². The Hall–Kier alpha value is -0.970. The normalized spacial score (nSPS) is 20.5. The predicted molar refractivity (Wildman–Crippen MR) is 64.5 cm³/mol. The number of hydrogen-bond donors (Lipinski definition) is 1. The van der Waals surface area contributed by atoms with E-state index in [1.54, 1.807) is 11.0 Å². The van der Waals surface area contributed by atoms with Crippen LogP contribution in [0.4, 0.5) is 0 Å². The highest BCUT2D eigenvalue weighted by Crippen LogP contribution is 2.17. The third-order valence-electron chi connectivity index (χ3n) is 2.58. The molecule has 0 radical (unpaired) electrons. The molecule has 0 aromatic heterocycles. The number of carboxylic acids is 1. The summed E-state index contributed by atoms with van der Waals surface area (Å²) in [7, 11) is 0. The van der Waals surface area contributed by atoms with Crippen molar-refractivity contribution in [1.82, 2.24) is 4.90 Å². The lowest BCUT2D eigenvalue weighted by Gasteiger charge is -2.30. The molecule has 0 bridgehead atoms. The lowest BCUT2D eigenvalue weighted by atomic mass is 9.98. The fourth-order valence-corrected chi connectivity index (χ4v) is 2.37. The summed E-state index contributed by atoms with van der Waals surface area (Å²) in [4.78, 5) is 24.2. The third-order valence-corrected chi connectivity index (χ3v) is 3.51. The quantitative estimate of drug-likeness (QED) is 0.583. The molecule has 1 aliphatic heterocycles. The molecule has 4 nitrogen and oxygen atoms in total. The summed E-state index contributed by atoms with van der Waals surface area (Å²) in [5.74, 6) is 0.0245. The number of carbonyl (C=O) groups excluding carboxylic acids is 1. The van der Waals surface area contributed by atoms with Crippen molar-refractivity contribution in [1.29, 1.82) is 0 Å². The second kappa shape index (κ2) is 6.58. The lowest BCUT2D eigenvalue weighted by Crippen LogP contribution is -2.43. The van der Waals surface area contributed by atoms with Crippen molar-refractivity contribution in [3.63, 3.8) is 0 Å². The molecule has 0 aromatic carbocycles. The summed E-state index contributed by atoms with van der Waals surface area (Å²) in [6.45, 7) is 4.64. The van der Waals surface area contributed by atoms with Gasteiger partial charge in [0.25, 0.3) is 0 Å². The molecule has 1 amide bonds. The molecular weight excluding hydrogens is 226 g/mol. The fourth-order valence-electron chi connectivity index (χ4n) is 1.73. The largest absolute Gasteiger partial charge is 0.481 e. The maximum absolute atomic E-state index is 11.7. The second-order valence-electron chi connectivity index (χ2n) is 3.82. The molecule has 0 saturated carbocycles. The Morgan fingerprint density at radius 2 is 2.31 bits per heavy atom. The van der Waals surface area contributed by atoms with Crippen LogP contribution in [-0.4, -0.2) is 46.5 Å². The smallest absolute Gasteiger partial charge is 0.308 e. The Bertz CT molecular complexity index is 280. The number of thioether (sulfide) groups is 1. The minimum Gasteiger partial charge on any atom is -0.481 e. The molecule has 0 spiro atoms. The van der Waals surface area contributed by atoms with Crippen LogP contribution in [0.25, 0.3) is 0 Å². The topological polar surface area (TPSA) is 57.6 Å². The first-order valence-corrected chi connectivity index (χ1v) is 6.50. The van der Waals surface area contributed by atoms with Gasteiger partial charge in [0.15, 0.2) is 0 Å². The highest BCUT2D eigenvalue weighted by molar-refractivity contribution is 8.00. The molecule has 1 fully saturated rings. The molecular formula is C11H17NO3S. The summed E-state index contributed by atoms with van der Waals surface area (Å²) >= 11 is 1.51. The van der Waals surface area contributed by atoms with Crippen LogP contribution in [0.3, 0.4) is 0 Å². The van der Waals surface area contributed by atoms with E-state index in [-0.39, 0.29) is 11.8 Å². The number of hydrogen-bond acceptors (Lipinski definition) is 3. The van der Waals surface area contributed by atoms with Gasteiger partial charge in [-0.3, -0.25) is 9.59 Å². The average Bonchev–Trinajstić information content (AvgIpc) is 2.29. The Morgan fingerprint density at radius 1 is 1.56 bits per heavy atom. The first-order valence-electron chi connectivity index (χ1n) is 5.34. The molecule has 1 heterocycles. The van der Waals surface area contributed by atoms with Crippen molar-refractivity contribution >= 4 is 23.6 Å². The van der Waals surface area contributed by atoms with E-state index in [9.17, 15) is 9.59 Å². The zero-order valence-electron chi connectivity index (χ0n) is 9.22. The fraction of sp³-hybridized carbons (Fsp3) is 0.636. The minimum atomic E-state index is -0.795. The molecule has 5 heteroatoms. The SMILES string of the molecule is C=CCSCC(=O)N1CCCC(C(=O)O)C1. The van der Waals surface area contributed by atoms with Gasteiger partial charge in [-0.15, -0.1) is 18.3 Å². The van der Waals surface area contributed by atoms with Crippen molar-refractivity contribution in [2.75, 3.05) is 24.6 Å². The molecule has 1 atom stereocenters. The maximum atomic E-state index is 11.7. The number of nitrogens with zero attached hydrogens (tertiary/aromatic N) is 1. The molecule has 0 aromatic rings. The van der Waals surface area contributed by atoms with Crippen LogP contribution in [0.1, 0.15) is 12.8 Å². The van der Waals surface area contributed by atoms with Gasteiger partial charge in [-0.2, -0.15) is 0 Å². The van der Waals surface area contributed by atoms with Crippen molar-refractivity contribution < 1.29 is 14.7 Å². The Kier molecular flexibility index (Phi) is 5.38. The van der Waals surface area contributed by atoms with Crippen molar-refractivity contribution in [3.05, 3.63) is 12.7 Å². The number of carboxylic acid groups (broad SMARTS) is 1. The van der Waals surface area contributed by atoms with Gasteiger partial charge in [0, 0.05) is 18.8 Å². The van der Waals surface area contributed by atoms with Crippen LogP contribution in [0.2, 0.25) is 0 Å².